The van der Waals surface area contributed by atoms with E-state index in [1.807, 2.05) is 21.1 Å². The molecule has 10 nitrogen and oxygen atoms in total. The first-order chi connectivity index (χ1) is 28.5. The number of likely N-dealkylation sites (N-methyl/N-ethyl adjacent to an activating group) is 1. The SMILES string of the molecule is CCCCC/C=C\C/C=C\C/C=C\CC1OC1CCCC(=O)O[C@H](COC(=O)CCCCCCCCC/C=C\CCCCCCCC)COP(=O)([O-])OCC[N+](C)(C)C. The van der Waals surface area contributed by atoms with Gasteiger partial charge in [0.1, 0.15) is 19.8 Å². The van der Waals surface area contributed by atoms with Crippen LogP contribution in [-0.2, 0) is 37.4 Å². The zero-order valence-electron chi connectivity index (χ0n) is 38.1. The second-order valence-corrected chi connectivity index (χ2v) is 18.6. The molecule has 11 heteroatoms. The predicted octanol–water partition coefficient (Wildman–Crippen LogP) is 11.8. The van der Waals surface area contributed by atoms with Crippen molar-refractivity contribution in [2.24, 2.45) is 0 Å². The number of allylic oxidation sites excluding steroid dienone is 7. The number of epoxide rings is 1. The number of phosphoric ester groups is 1. The number of hydrogen-bond acceptors (Lipinski definition) is 9. The second-order valence-electron chi connectivity index (χ2n) is 17.1. The summed E-state index contributed by atoms with van der Waals surface area (Å²) in [5.41, 5.74) is 0. The Bertz CT molecular complexity index is 1210. The van der Waals surface area contributed by atoms with E-state index in [1.165, 1.54) is 83.5 Å². The first-order valence-electron chi connectivity index (χ1n) is 23.5. The number of phosphoric acid groups is 1. The van der Waals surface area contributed by atoms with Crippen molar-refractivity contribution >= 4 is 19.8 Å². The molecule has 0 bridgehead atoms. The van der Waals surface area contributed by atoms with Crippen LogP contribution in [0.2, 0.25) is 0 Å². The van der Waals surface area contributed by atoms with Gasteiger partial charge in [-0.25, -0.2) is 0 Å². The number of quaternary nitrogens is 1. The van der Waals surface area contributed by atoms with E-state index in [1.54, 1.807) is 0 Å². The molecule has 1 fully saturated rings. The van der Waals surface area contributed by atoms with Crippen molar-refractivity contribution in [3.05, 3.63) is 48.6 Å². The van der Waals surface area contributed by atoms with Crippen LogP contribution in [-0.4, -0.2) is 82.2 Å². The minimum Gasteiger partial charge on any atom is -0.756 e. The summed E-state index contributed by atoms with van der Waals surface area (Å²) < 4.78 is 39.7. The zero-order valence-corrected chi connectivity index (χ0v) is 39.0. The Balaban J connectivity index is 2.32. The fourth-order valence-electron chi connectivity index (χ4n) is 6.44. The summed E-state index contributed by atoms with van der Waals surface area (Å²) in [6.45, 7) is 4.10. The Kier molecular flexibility index (Phi) is 34.1. The van der Waals surface area contributed by atoms with E-state index in [9.17, 15) is 19.0 Å². The molecule has 1 aliphatic heterocycles. The van der Waals surface area contributed by atoms with E-state index in [-0.39, 0.29) is 38.3 Å². The minimum atomic E-state index is -4.65. The lowest BCUT2D eigenvalue weighted by atomic mass is 10.1. The van der Waals surface area contributed by atoms with Crippen molar-refractivity contribution in [1.29, 1.82) is 0 Å². The molecular weight excluding hydrogens is 766 g/mol. The molecule has 0 saturated carbocycles. The van der Waals surface area contributed by atoms with Crippen LogP contribution in [0.4, 0.5) is 0 Å². The van der Waals surface area contributed by atoms with Gasteiger partial charge < -0.3 is 32.6 Å². The normalized spacial score (nSPS) is 17.4. The largest absolute Gasteiger partial charge is 0.756 e. The molecule has 0 radical (unpaired) electrons. The van der Waals surface area contributed by atoms with Gasteiger partial charge in [0.15, 0.2) is 6.10 Å². The predicted molar refractivity (Wildman–Crippen MR) is 240 cm³/mol. The molecule has 1 rings (SSSR count). The van der Waals surface area contributed by atoms with Crippen molar-refractivity contribution in [1.82, 2.24) is 0 Å². The van der Waals surface area contributed by atoms with Crippen LogP contribution >= 0.6 is 7.82 Å². The Morgan fingerprint density at radius 1 is 0.627 bits per heavy atom. The van der Waals surface area contributed by atoms with Crippen molar-refractivity contribution in [3.8, 4) is 0 Å². The van der Waals surface area contributed by atoms with Crippen LogP contribution in [0, 0.1) is 0 Å². The summed E-state index contributed by atoms with van der Waals surface area (Å²) in [6, 6.07) is 0. The molecule has 0 aromatic carbocycles. The summed E-state index contributed by atoms with van der Waals surface area (Å²) in [5, 5.41) is 0. The smallest absolute Gasteiger partial charge is 0.306 e. The number of nitrogens with zero attached hydrogens (tertiary/aromatic N) is 1. The van der Waals surface area contributed by atoms with Crippen molar-refractivity contribution in [2.75, 3.05) is 47.5 Å². The number of carbonyl (C=O) groups is 2. The van der Waals surface area contributed by atoms with Crippen molar-refractivity contribution < 1.29 is 46.8 Å². The molecular formula is C48H86NO9P. The molecule has 3 unspecified atom stereocenters. The van der Waals surface area contributed by atoms with Crippen LogP contribution < -0.4 is 4.89 Å². The lowest BCUT2D eigenvalue weighted by Gasteiger charge is -2.28. The second kappa shape index (κ2) is 36.6. The highest BCUT2D eigenvalue weighted by atomic mass is 31.2. The maximum Gasteiger partial charge on any atom is 0.306 e. The zero-order chi connectivity index (χ0) is 43.3. The van der Waals surface area contributed by atoms with Gasteiger partial charge in [-0.1, -0.05) is 140 Å². The third kappa shape index (κ3) is 37.4. The number of carbonyl (C=O) groups excluding carboxylic acids is 2. The highest BCUT2D eigenvalue weighted by Gasteiger charge is 2.36. The standard InChI is InChI=1S/C48H86NO9P/c1-6-8-10-12-14-16-18-20-21-22-23-24-26-28-30-32-34-38-47(50)54-42-44(43-56-59(52,53)55-41-40-49(3,4)5)57-48(51)39-35-37-46-45(58-46)36-33-31-29-27-25-19-17-15-13-11-9-7-2/h15,17,20-21,25,27,31,33,44-46H,6-14,16,18-19,22-24,26,28-30,32,34-43H2,1-5H3/b17-15-,21-20-,27-25-,33-31-/t44-,45?,46?/m1/s1. The summed E-state index contributed by atoms with van der Waals surface area (Å²) in [4.78, 5) is 37.7. The fourth-order valence-corrected chi connectivity index (χ4v) is 7.17. The van der Waals surface area contributed by atoms with E-state index in [2.05, 4.69) is 62.5 Å². The van der Waals surface area contributed by atoms with E-state index in [4.69, 9.17) is 23.3 Å². The first-order valence-corrected chi connectivity index (χ1v) is 24.9. The molecule has 0 aromatic rings. The number of rotatable bonds is 41. The Hall–Kier alpha value is -2.07. The molecule has 1 saturated heterocycles. The van der Waals surface area contributed by atoms with Crippen LogP contribution in [0.5, 0.6) is 0 Å². The van der Waals surface area contributed by atoms with Gasteiger partial charge in [-0.05, 0) is 77.0 Å². The van der Waals surface area contributed by atoms with Gasteiger partial charge in [0.25, 0.3) is 7.82 Å². The third-order valence-electron chi connectivity index (χ3n) is 10.2. The van der Waals surface area contributed by atoms with Gasteiger partial charge in [-0.2, -0.15) is 0 Å². The molecule has 0 aromatic heterocycles. The maximum atomic E-state index is 12.8. The lowest BCUT2D eigenvalue weighted by Crippen LogP contribution is -2.37. The maximum absolute atomic E-state index is 12.8. The van der Waals surface area contributed by atoms with E-state index < -0.39 is 32.5 Å². The molecule has 0 N–H and O–H groups in total. The van der Waals surface area contributed by atoms with E-state index >= 15 is 0 Å². The van der Waals surface area contributed by atoms with E-state index in [0.717, 1.165) is 57.8 Å². The molecule has 1 aliphatic rings. The number of hydrogen-bond donors (Lipinski definition) is 0. The summed E-state index contributed by atoms with van der Waals surface area (Å²) >= 11 is 0. The molecule has 0 spiro atoms. The summed E-state index contributed by atoms with van der Waals surface area (Å²) in [6.07, 6.45) is 44.4. The molecule has 0 aliphatic carbocycles. The van der Waals surface area contributed by atoms with Gasteiger partial charge in [0, 0.05) is 12.8 Å². The monoisotopic (exact) mass is 852 g/mol. The van der Waals surface area contributed by atoms with E-state index in [0.29, 0.717) is 23.9 Å². The quantitative estimate of drug-likeness (QED) is 0.0148. The van der Waals surface area contributed by atoms with Crippen LogP contribution in [0.25, 0.3) is 0 Å². The first kappa shape index (κ1) is 54.9. The fraction of sp³-hybridized carbons (Fsp3) is 0.792. The van der Waals surface area contributed by atoms with Gasteiger partial charge in [-0.15, -0.1) is 0 Å². The Morgan fingerprint density at radius 3 is 1.76 bits per heavy atom. The highest BCUT2D eigenvalue weighted by molar-refractivity contribution is 7.45. The Labute approximate surface area is 360 Å². The summed E-state index contributed by atoms with van der Waals surface area (Å²) in [7, 11) is 1.11. The number of ether oxygens (including phenoxy) is 3. The van der Waals surface area contributed by atoms with Gasteiger partial charge >= 0.3 is 11.9 Å². The molecule has 0 amide bonds. The van der Waals surface area contributed by atoms with Crippen LogP contribution in [0.3, 0.4) is 0 Å². The van der Waals surface area contributed by atoms with Crippen LogP contribution in [0.15, 0.2) is 48.6 Å². The molecule has 342 valence electrons. The van der Waals surface area contributed by atoms with Crippen molar-refractivity contribution in [2.45, 2.75) is 199 Å². The highest BCUT2D eigenvalue weighted by Crippen LogP contribution is 2.38. The molecule has 1 heterocycles. The molecule has 4 atom stereocenters. The lowest BCUT2D eigenvalue weighted by molar-refractivity contribution is -0.870. The minimum absolute atomic E-state index is 0.0470. The molecule has 59 heavy (non-hydrogen) atoms. The number of unbranched alkanes of at least 4 members (excludes halogenated alkanes) is 16. The van der Waals surface area contributed by atoms with Crippen LogP contribution in [0.1, 0.15) is 181 Å². The topological polar surface area (TPSA) is 124 Å². The van der Waals surface area contributed by atoms with Crippen molar-refractivity contribution in [3.63, 3.8) is 0 Å². The summed E-state index contributed by atoms with van der Waals surface area (Å²) in [5.74, 6) is -0.916. The average Bonchev–Trinajstić information content (AvgIpc) is 3.94. The van der Waals surface area contributed by atoms with Gasteiger partial charge in [0.2, 0.25) is 0 Å². The third-order valence-corrected chi connectivity index (χ3v) is 11.2. The van der Waals surface area contributed by atoms with Gasteiger partial charge in [-0.3, -0.25) is 14.2 Å². The number of esters is 2. The Morgan fingerprint density at radius 2 is 1.14 bits per heavy atom. The average molecular weight is 852 g/mol. The van der Waals surface area contributed by atoms with Gasteiger partial charge in [0.05, 0.1) is 40.0 Å².